The molecule has 0 spiro atoms. The maximum atomic E-state index is 13.3. The largest absolute Gasteiger partial charge is 0.356 e. The molecule has 1 unspecified atom stereocenters. The van der Waals surface area contributed by atoms with Crippen LogP contribution in [0.4, 0.5) is 9.52 Å². The van der Waals surface area contributed by atoms with Gasteiger partial charge in [0.15, 0.2) is 5.13 Å². The molecular weight excluding hydrogens is 313 g/mol. The van der Waals surface area contributed by atoms with Gasteiger partial charge in [-0.1, -0.05) is 25.2 Å². The standard InChI is InChI=1S/C17H22FN3OS/c1-11(2)9-19-16(22)12-4-3-7-21(10-12)17-20-14-6-5-13(18)8-15(14)23-17/h5-6,8,11-12H,3-4,7,9-10H2,1-2H3,(H,19,22). The first-order chi connectivity index (χ1) is 11.0. The molecule has 0 bridgehead atoms. The van der Waals surface area contributed by atoms with Gasteiger partial charge in [-0.05, 0) is 37.0 Å². The number of anilines is 1. The Morgan fingerprint density at radius 2 is 2.35 bits per heavy atom. The van der Waals surface area contributed by atoms with Crippen molar-refractivity contribution in [2.75, 3.05) is 24.5 Å². The molecule has 4 nitrogen and oxygen atoms in total. The van der Waals surface area contributed by atoms with Crippen LogP contribution in [-0.4, -0.2) is 30.5 Å². The summed E-state index contributed by atoms with van der Waals surface area (Å²) in [4.78, 5) is 19.0. The second-order valence-corrected chi connectivity index (χ2v) is 7.54. The Kier molecular flexibility index (Phi) is 4.80. The molecule has 2 aromatic rings. The molecule has 0 radical (unpaired) electrons. The Hall–Kier alpha value is -1.69. The fourth-order valence-electron chi connectivity index (χ4n) is 2.84. The van der Waals surface area contributed by atoms with E-state index in [1.165, 1.54) is 23.5 Å². The number of thiazole rings is 1. The molecule has 1 saturated heterocycles. The summed E-state index contributed by atoms with van der Waals surface area (Å²) in [5.74, 6) is 0.358. The molecule has 1 aromatic heterocycles. The third kappa shape index (κ3) is 3.80. The highest BCUT2D eigenvalue weighted by molar-refractivity contribution is 7.22. The van der Waals surface area contributed by atoms with E-state index in [0.29, 0.717) is 12.5 Å². The lowest BCUT2D eigenvalue weighted by Gasteiger charge is -2.31. The predicted octanol–water partition coefficient (Wildman–Crippen LogP) is 3.42. The minimum absolute atomic E-state index is 0.00579. The number of aromatic nitrogens is 1. The fraction of sp³-hybridized carbons (Fsp3) is 0.529. The molecular formula is C17H22FN3OS. The minimum atomic E-state index is -0.239. The molecule has 23 heavy (non-hydrogen) atoms. The number of benzene rings is 1. The van der Waals surface area contributed by atoms with E-state index >= 15 is 0 Å². The lowest BCUT2D eigenvalue weighted by atomic mass is 9.97. The molecule has 1 N–H and O–H groups in total. The van der Waals surface area contributed by atoms with Crippen LogP contribution in [0.3, 0.4) is 0 Å². The number of nitrogens with zero attached hydrogens (tertiary/aromatic N) is 2. The first-order valence-electron chi connectivity index (χ1n) is 8.11. The van der Waals surface area contributed by atoms with Crippen molar-refractivity contribution in [1.29, 1.82) is 0 Å². The highest BCUT2D eigenvalue weighted by atomic mass is 32.1. The number of rotatable bonds is 4. The zero-order valence-electron chi connectivity index (χ0n) is 13.5. The van der Waals surface area contributed by atoms with Gasteiger partial charge in [0.25, 0.3) is 0 Å². The Bertz CT molecular complexity index is 700. The van der Waals surface area contributed by atoms with Gasteiger partial charge in [0.2, 0.25) is 5.91 Å². The first kappa shape index (κ1) is 16.2. The van der Waals surface area contributed by atoms with Crippen molar-refractivity contribution in [2.45, 2.75) is 26.7 Å². The average Bonchev–Trinajstić information content (AvgIpc) is 2.95. The SMILES string of the molecule is CC(C)CNC(=O)C1CCCN(c2nc3ccc(F)cc3s2)C1. The van der Waals surface area contributed by atoms with Crippen molar-refractivity contribution in [3.63, 3.8) is 0 Å². The lowest BCUT2D eigenvalue weighted by molar-refractivity contribution is -0.125. The van der Waals surface area contributed by atoms with E-state index in [0.717, 1.165) is 41.3 Å². The molecule has 0 saturated carbocycles. The molecule has 1 aromatic carbocycles. The van der Waals surface area contributed by atoms with Crippen molar-refractivity contribution in [2.24, 2.45) is 11.8 Å². The van der Waals surface area contributed by atoms with Gasteiger partial charge in [0, 0.05) is 19.6 Å². The quantitative estimate of drug-likeness (QED) is 0.931. The summed E-state index contributed by atoms with van der Waals surface area (Å²) >= 11 is 1.49. The number of carbonyl (C=O) groups excluding carboxylic acids is 1. The van der Waals surface area contributed by atoms with Crippen LogP contribution in [0.15, 0.2) is 18.2 Å². The van der Waals surface area contributed by atoms with Gasteiger partial charge in [-0.15, -0.1) is 0 Å². The Labute approximate surface area is 139 Å². The van der Waals surface area contributed by atoms with E-state index in [1.54, 1.807) is 6.07 Å². The molecule has 2 heterocycles. The van der Waals surface area contributed by atoms with Crippen LogP contribution in [0.25, 0.3) is 10.2 Å². The van der Waals surface area contributed by atoms with Crippen LogP contribution in [-0.2, 0) is 4.79 Å². The van der Waals surface area contributed by atoms with Crippen molar-refractivity contribution < 1.29 is 9.18 Å². The van der Waals surface area contributed by atoms with E-state index < -0.39 is 0 Å². The zero-order chi connectivity index (χ0) is 16.4. The minimum Gasteiger partial charge on any atom is -0.356 e. The van der Waals surface area contributed by atoms with E-state index in [2.05, 4.69) is 29.0 Å². The van der Waals surface area contributed by atoms with Gasteiger partial charge < -0.3 is 10.2 Å². The summed E-state index contributed by atoms with van der Waals surface area (Å²) in [6.45, 7) is 6.49. The Balaban J connectivity index is 1.70. The first-order valence-corrected chi connectivity index (χ1v) is 8.93. The van der Waals surface area contributed by atoms with Gasteiger partial charge in [-0.2, -0.15) is 0 Å². The lowest BCUT2D eigenvalue weighted by Crippen LogP contribution is -2.43. The van der Waals surface area contributed by atoms with Crippen LogP contribution in [0.5, 0.6) is 0 Å². The topological polar surface area (TPSA) is 45.2 Å². The van der Waals surface area contributed by atoms with Crippen molar-refractivity contribution in [1.82, 2.24) is 10.3 Å². The molecule has 0 aliphatic carbocycles. The van der Waals surface area contributed by atoms with Crippen molar-refractivity contribution in [3.05, 3.63) is 24.0 Å². The average molecular weight is 335 g/mol. The molecule has 1 atom stereocenters. The van der Waals surface area contributed by atoms with Crippen LogP contribution in [0.1, 0.15) is 26.7 Å². The number of piperidine rings is 1. The third-order valence-corrected chi connectivity index (χ3v) is 5.17. The molecule has 3 rings (SSSR count). The smallest absolute Gasteiger partial charge is 0.224 e. The molecule has 1 amide bonds. The number of fused-ring (bicyclic) bond motifs is 1. The van der Waals surface area contributed by atoms with Crippen molar-refractivity contribution >= 4 is 32.6 Å². The monoisotopic (exact) mass is 335 g/mol. The number of hydrogen-bond donors (Lipinski definition) is 1. The second-order valence-electron chi connectivity index (χ2n) is 6.53. The summed E-state index contributed by atoms with van der Waals surface area (Å²) in [5, 5.41) is 3.91. The summed E-state index contributed by atoms with van der Waals surface area (Å²) in [5.41, 5.74) is 0.817. The van der Waals surface area contributed by atoms with Gasteiger partial charge >= 0.3 is 0 Å². The molecule has 6 heteroatoms. The van der Waals surface area contributed by atoms with Gasteiger partial charge in [-0.25, -0.2) is 9.37 Å². The van der Waals surface area contributed by atoms with Crippen molar-refractivity contribution in [3.8, 4) is 0 Å². The second kappa shape index (κ2) is 6.83. The van der Waals surface area contributed by atoms with Crippen LogP contribution in [0, 0.1) is 17.7 Å². The molecule has 1 aliphatic rings. The van der Waals surface area contributed by atoms with Crippen LogP contribution in [0.2, 0.25) is 0 Å². The molecule has 1 aliphatic heterocycles. The summed E-state index contributed by atoms with van der Waals surface area (Å²) in [6, 6.07) is 4.67. The van der Waals surface area contributed by atoms with E-state index in [9.17, 15) is 9.18 Å². The van der Waals surface area contributed by atoms with Crippen LogP contribution >= 0.6 is 11.3 Å². The van der Waals surface area contributed by atoms with E-state index in [4.69, 9.17) is 0 Å². The van der Waals surface area contributed by atoms with Gasteiger partial charge in [0.05, 0.1) is 16.1 Å². The molecule has 124 valence electrons. The summed E-state index contributed by atoms with van der Waals surface area (Å²) < 4.78 is 14.2. The molecule has 1 fully saturated rings. The predicted molar refractivity (Wildman–Crippen MR) is 92.4 cm³/mol. The number of nitrogens with one attached hydrogen (secondary N) is 1. The third-order valence-electron chi connectivity index (χ3n) is 4.09. The number of halogens is 1. The Morgan fingerprint density at radius 3 is 3.13 bits per heavy atom. The van der Waals surface area contributed by atoms with Crippen LogP contribution < -0.4 is 10.2 Å². The van der Waals surface area contributed by atoms with Gasteiger partial charge in [0.1, 0.15) is 5.82 Å². The van der Waals surface area contributed by atoms with Gasteiger partial charge in [-0.3, -0.25) is 4.79 Å². The number of carbonyl (C=O) groups is 1. The highest BCUT2D eigenvalue weighted by Crippen LogP contribution is 2.32. The fourth-order valence-corrected chi connectivity index (χ4v) is 3.86. The Morgan fingerprint density at radius 1 is 1.52 bits per heavy atom. The zero-order valence-corrected chi connectivity index (χ0v) is 14.3. The number of amides is 1. The van der Waals surface area contributed by atoms with E-state index in [1.807, 2.05) is 0 Å². The van der Waals surface area contributed by atoms with E-state index in [-0.39, 0.29) is 17.6 Å². The number of hydrogen-bond acceptors (Lipinski definition) is 4. The maximum absolute atomic E-state index is 13.3. The normalized spacial score (nSPS) is 18.6. The highest BCUT2D eigenvalue weighted by Gasteiger charge is 2.27. The summed E-state index contributed by atoms with van der Waals surface area (Å²) in [7, 11) is 0. The summed E-state index contributed by atoms with van der Waals surface area (Å²) in [6.07, 6.45) is 1.89. The maximum Gasteiger partial charge on any atom is 0.224 e.